The summed E-state index contributed by atoms with van der Waals surface area (Å²) in [6, 6.07) is 9.49. The topological polar surface area (TPSA) is 160 Å². The van der Waals surface area contributed by atoms with Crippen LogP contribution in [0.2, 0.25) is 0 Å². The number of carbonyl (C=O) groups excluding carboxylic acids is 1. The first-order chi connectivity index (χ1) is 22.1. The fourth-order valence-corrected chi connectivity index (χ4v) is 4.76. The molecule has 1 atom stereocenters. The van der Waals surface area contributed by atoms with Crippen LogP contribution < -0.4 is 15.1 Å². The fourth-order valence-electron chi connectivity index (χ4n) is 4.76. The van der Waals surface area contributed by atoms with Gasteiger partial charge >= 0.3 is 6.09 Å². The van der Waals surface area contributed by atoms with Crippen molar-refractivity contribution in [2.45, 2.75) is 39.9 Å². The Labute approximate surface area is 275 Å². The average molecular weight is 648 g/mol. The molecule has 15 heteroatoms. The zero-order chi connectivity index (χ0) is 32.5. The summed E-state index contributed by atoms with van der Waals surface area (Å²) in [5.41, 5.74) is 1.90. The van der Waals surface area contributed by atoms with Crippen LogP contribution in [0, 0.1) is 0 Å². The molecule has 0 radical (unpaired) electrons. The van der Waals surface area contributed by atoms with Gasteiger partial charge in [0, 0.05) is 70.5 Å². The van der Waals surface area contributed by atoms with E-state index in [-0.39, 0.29) is 13.5 Å². The van der Waals surface area contributed by atoms with Gasteiger partial charge in [-0.25, -0.2) is 24.7 Å². The number of nitrogens with one attached hydrogen (secondary N) is 1. The highest BCUT2D eigenvalue weighted by atomic mass is 16.6. The van der Waals surface area contributed by atoms with Gasteiger partial charge in [0.1, 0.15) is 18.0 Å². The van der Waals surface area contributed by atoms with Gasteiger partial charge in [-0.15, -0.1) is 0 Å². The number of benzene rings is 1. The van der Waals surface area contributed by atoms with Gasteiger partial charge in [-0.2, -0.15) is 10.1 Å². The van der Waals surface area contributed by atoms with Crippen molar-refractivity contribution in [3.8, 4) is 0 Å². The van der Waals surface area contributed by atoms with Crippen LogP contribution in [0.3, 0.4) is 0 Å². The predicted octanol–water partition coefficient (Wildman–Crippen LogP) is 3.44. The molecule has 2 aliphatic heterocycles. The number of hydrogen-bond acceptors (Lipinski definition) is 13. The largest absolute Gasteiger partial charge is 0.444 e. The third-order valence-electron chi connectivity index (χ3n) is 7.12. The van der Waals surface area contributed by atoms with Crippen LogP contribution in [0.4, 0.5) is 28.3 Å². The second-order valence-corrected chi connectivity index (χ2v) is 11.8. The summed E-state index contributed by atoms with van der Waals surface area (Å²) in [5.74, 6) is 1.75. The molecular weight excluding hydrogens is 602 g/mol. The Balaban J connectivity index is 0.000000303. The molecule has 4 aromatic rings. The molecule has 2 N–H and O–H groups in total. The van der Waals surface area contributed by atoms with Crippen LogP contribution in [0.1, 0.15) is 45.4 Å². The van der Waals surface area contributed by atoms with Crippen molar-refractivity contribution in [2.24, 2.45) is 7.05 Å². The highest BCUT2D eigenvalue weighted by molar-refractivity contribution is 5.68. The maximum absolute atomic E-state index is 11.5. The zero-order valence-electron chi connectivity index (χ0n) is 26.7. The first-order valence-electron chi connectivity index (χ1n) is 15.2. The summed E-state index contributed by atoms with van der Waals surface area (Å²) in [4.78, 5) is 39.4. The van der Waals surface area contributed by atoms with Crippen molar-refractivity contribution < 1.29 is 19.4 Å². The number of aliphatic hydroxyl groups excluding tert-OH is 1. The van der Waals surface area contributed by atoms with Crippen molar-refractivity contribution in [1.29, 1.82) is 0 Å². The molecule has 5 heterocycles. The molecule has 2 aliphatic rings. The van der Waals surface area contributed by atoms with Crippen LogP contribution in [-0.2, 0) is 16.5 Å². The molecule has 0 bridgehead atoms. The summed E-state index contributed by atoms with van der Waals surface area (Å²) in [5, 5.41) is 17.8. The first kappa shape index (κ1) is 35.0. The molecule has 0 saturated carbocycles. The summed E-state index contributed by atoms with van der Waals surface area (Å²) < 4.78 is 12.0. The van der Waals surface area contributed by atoms with E-state index in [9.17, 15) is 9.90 Å². The van der Waals surface area contributed by atoms with Crippen LogP contribution >= 0.6 is 0 Å². The van der Waals surface area contributed by atoms with E-state index in [1.54, 1.807) is 28.2 Å². The third kappa shape index (κ3) is 10.0. The number of ether oxygens (including phenoxy) is 2. The van der Waals surface area contributed by atoms with Crippen LogP contribution in [0.25, 0.3) is 0 Å². The molecule has 2 fully saturated rings. The van der Waals surface area contributed by atoms with E-state index in [1.165, 1.54) is 6.33 Å². The first-order valence-corrected chi connectivity index (χ1v) is 15.2. The second-order valence-electron chi connectivity index (χ2n) is 11.8. The number of carbonyl (C=O) groups is 1. The summed E-state index contributed by atoms with van der Waals surface area (Å²) in [6.07, 6.45) is 7.47. The minimum Gasteiger partial charge on any atom is -0.444 e. The van der Waals surface area contributed by atoms with Crippen LogP contribution in [0.15, 0.2) is 61.4 Å². The smallest absolute Gasteiger partial charge is 0.410 e. The molecule has 0 spiro atoms. The van der Waals surface area contributed by atoms with Crippen LogP contribution in [0.5, 0.6) is 0 Å². The lowest BCUT2D eigenvalue weighted by Crippen LogP contribution is -2.47. The van der Waals surface area contributed by atoms with Gasteiger partial charge < -0.3 is 34.6 Å². The molecular formula is C32H45N11O4. The number of aryl methyl sites for hydroxylation is 1. The van der Waals surface area contributed by atoms with E-state index in [0.717, 1.165) is 37.4 Å². The molecule has 1 amide bonds. The molecule has 252 valence electrons. The normalized spacial score (nSPS) is 15.6. The number of aliphatic hydroxyl groups is 1. The Kier molecular flexibility index (Phi) is 12.0. The van der Waals surface area contributed by atoms with Crippen molar-refractivity contribution in [1.82, 2.24) is 39.6 Å². The van der Waals surface area contributed by atoms with E-state index in [1.807, 2.05) is 64.3 Å². The molecule has 15 nitrogen and oxygen atoms in total. The van der Waals surface area contributed by atoms with E-state index < -0.39 is 11.7 Å². The summed E-state index contributed by atoms with van der Waals surface area (Å²) in [6.45, 7) is 11.0. The number of anilines is 4. The minimum atomic E-state index is -0.740. The third-order valence-corrected chi connectivity index (χ3v) is 7.12. The summed E-state index contributed by atoms with van der Waals surface area (Å²) in [7, 11) is 1.85. The van der Waals surface area contributed by atoms with Crippen molar-refractivity contribution in [3.63, 3.8) is 0 Å². The monoisotopic (exact) mass is 647 g/mol. The summed E-state index contributed by atoms with van der Waals surface area (Å²) >= 11 is 0. The number of nitrogens with zero attached hydrogens (tertiary/aromatic N) is 10. The van der Waals surface area contributed by atoms with E-state index in [2.05, 4.69) is 45.1 Å². The number of aromatic nitrogens is 7. The van der Waals surface area contributed by atoms with Gasteiger partial charge in [-0.3, -0.25) is 4.68 Å². The van der Waals surface area contributed by atoms with E-state index in [0.29, 0.717) is 49.7 Å². The molecule has 3 aromatic heterocycles. The number of morpholine rings is 1. The minimum absolute atomic E-state index is 0. The highest BCUT2D eigenvalue weighted by Gasteiger charge is 2.24. The molecule has 6 rings (SSSR count). The van der Waals surface area contributed by atoms with Gasteiger partial charge in [0.05, 0.1) is 25.1 Å². The van der Waals surface area contributed by atoms with E-state index in [4.69, 9.17) is 9.47 Å². The van der Waals surface area contributed by atoms with Crippen LogP contribution in [-0.4, -0.2) is 109 Å². The maximum atomic E-state index is 11.5. The Morgan fingerprint density at radius 3 is 2.13 bits per heavy atom. The Morgan fingerprint density at radius 2 is 1.53 bits per heavy atom. The lowest BCUT2D eigenvalue weighted by Gasteiger charge is -2.34. The highest BCUT2D eigenvalue weighted by Crippen LogP contribution is 2.22. The standard InChI is InChI=1S/C22H24N10O.C9H17NO3.CH4/c1-30-14-18(13-27-30)28-20-25-15-26-22(29-20)32-9-7-31(8-10-32)21-23-11-17(12-24-21)19(33)16-5-3-2-4-6-16;1-9(2,3)13-8(11)10-4-6-12-7-5-10;/h2-6,11-15,19,33H,7-10H2,1H3,(H,25,26,28,29);4-7H2,1-3H3;1H4. The number of rotatable bonds is 6. The van der Waals surface area contributed by atoms with Crippen molar-refractivity contribution in [2.75, 3.05) is 67.6 Å². The SMILES string of the molecule is C.CC(C)(C)OC(=O)N1CCOCC1.Cn1cc(Nc2ncnc(N3CCN(c4ncc(C(O)c5ccccc5)cn4)CC3)n2)cn1. The fraction of sp³-hybridized carbons (Fsp3) is 0.469. The van der Waals surface area contributed by atoms with Gasteiger partial charge in [0.25, 0.3) is 0 Å². The Morgan fingerprint density at radius 1 is 0.894 bits per heavy atom. The van der Waals surface area contributed by atoms with E-state index >= 15 is 0 Å². The molecule has 1 unspecified atom stereocenters. The van der Waals surface area contributed by atoms with Gasteiger partial charge in [0.15, 0.2) is 0 Å². The number of hydrogen-bond donors (Lipinski definition) is 2. The van der Waals surface area contributed by atoms with Crippen molar-refractivity contribution >= 4 is 29.6 Å². The van der Waals surface area contributed by atoms with Crippen molar-refractivity contribution in [3.05, 3.63) is 72.6 Å². The number of amides is 1. The average Bonchev–Trinajstić information content (AvgIpc) is 3.49. The zero-order valence-corrected chi connectivity index (χ0v) is 26.7. The van der Waals surface area contributed by atoms with Gasteiger partial charge in [-0.05, 0) is 26.3 Å². The quantitative estimate of drug-likeness (QED) is 0.314. The lowest BCUT2D eigenvalue weighted by atomic mass is 10.0. The molecule has 47 heavy (non-hydrogen) atoms. The second kappa shape index (κ2) is 16.1. The molecule has 0 aliphatic carbocycles. The number of piperazine rings is 1. The maximum Gasteiger partial charge on any atom is 0.410 e. The predicted molar refractivity (Wildman–Crippen MR) is 179 cm³/mol. The van der Waals surface area contributed by atoms with Gasteiger partial charge in [0.2, 0.25) is 17.8 Å². The Hall–Kier alpha value is -4.89. The lowest BCUT2D eigenvalue weighted by molar-refractivity contribution is -0.00677. The Bertz CT molecular complexity index is 1530. The molecule has 2 saturated heterocycles. The molecule has 1 aromatic carbocycles. The van der Waals surface area contributed by atoms with Gasteiger partial charge in [-0.1, -0.05) is 37.8 Å².